The minimum Gasteiger partial charge on any atom is -0.349 e. The molecule has 0 radical (unpaired) electrons. The van der Waals surface area contributed by atoms with Crippen LogP contribution in [0.1, 0.15) is 26.2 Å². The van der Waals surface area contributed by atoms with E-state index in [-0.39, 0.29) is 5.91 Å². The molecule has 1 saturated carbocycles. The van der Waals surface area contributed by atoms with Gasteiger partial charge in [0.2, 0.25) is 5.91 Å². The van der Waals surface area contributed by atoms with E-state index in [4.69, 9.17) is 35.4 Å². The van der Waals surface area contributed by atoms with Crippen LogP contribution in [0.2, 0.25) is 0 Å². The SMILES string of the molecule is C[C@@]1(C(=O)NC(=S)N2CCCC2)CC1(Cl)Cl. The molecule has 2 rings (SSSR count). The fourth-order valence-electron chi connectivity index (χ4n) is 1.88. The summed E-state index contributed by atoms with van der Waals surface area (Å²) in [6.45, 7) is 3.60. The molecule has 2 fully saturated rings. The van der Waals surface area contributed by atoms with Crippen molar-refractivity contribution in [1.82, 2.24) is 10.2 Å². The number of nitrogens with one attached hydrogen (secondary N) is 1. The lowest BCUT2D eigenvalue weighted by Crippen LogP contribution is -2.44. The Hall–Kier alpha value is -0.0600. The molecule has 1 amide bonds. The van der Waals surface area contributed by atoms with Crippen molar-refractivity contribution in [2.45, 2.75) is 30.5 Å². The van der Waals surface area contributed by atoms with Crippen LogP contribution in [-0.4, -0.2) is 33.3 Å². The number of thiocarbonyl (C=S) groups is 1. The summed E-state index contributed by atoms with van der Waals surface area (Å²) in [6, 6.07) is 0. The normalized spacial score (nSPS) is 31.3. The molecule has 1 aliphatic heterocycles. The molecule has 1 aliphatic carbocycles. The molecule has 1 atom stereocenters. The number of carbonyl (C=O) groups is 1. The first-order chi connectivity index (χ1) is 7.37. The number of alkyl halides is 2. The van der Waals surface area contributed by atoms with E-state index in [9.17, 15) is 4.79 Å². The Morgan fingerprint density at radius 3 is 2.31 bits per heavy atom. The number of hydrogen-bond donors (Lipinski definition) is 1. The Kier molecular flexibility index (Phi) is 3.10. The third-order valence-corrected chi connectivity index (χ3v) is 4.83. The second kappa shape index (κ2) is 4.00. The van der Waals surface area contributed by atoms with E-state index in [1.54, 1.807) is 6.92 Å². The van der Waals surface area contributed by atoms with Gasteiger partial charge in [0.15, 0.2) is 5.11 Å². The molecule has 3 nitrogen and oxygen atoms in total. The van der Waals surface area contributed by atoms with Gasteiger partial charge in [-0.1, -0.05) is 0 Å². The highest BCUT2D eigenvalue weighted by molar-refractivity contribution is 7.80. The first-order valence-corrected chi connectivity index (χ1v) is 6.51. The van der Waals surface area contributed by atoms with Gasteiger partial charge in [-0.25, -0.2) is 0 Å². The fourth-order valence-corrected chi connectivity index (χ4v) is 2.86. The van der Waals surface area contributed by atoms with E-state index in [0.29, 0.717) is 11.5 Å². The fraction of sp³-hybridized carbons (Fsp3) is 0.800. The van der Waals surface area contributed by atoms with Gasteiger partial charge in [0, 0.05) is 13.1 Å². The number of nitrogens with zero attached hydrogens (tertiary/aromatic N) is 1. The second-order valence-electron chi connectivity index (χ2n) is 4.67. The van der Waals surface area contributed by atoms with Gasteiger partial charge in [-0.3, -0.25) is 4.79 Å². The molecule has 0 bridgehead atoms. The topological polar surface area (TPSA) is 32.3 Å². The highest BCUT2D eigenvalue weighted by Crippen LogP contribution is 2.63. The number of rotatable bonds is 1. The monoisotopic (exact) mass is 280 g/mol. The summed E-state index contributed by atoms with van der Waals surface area (Å²) in [4.78, 5) is 13.9. The van der Waals surface area contributed by atoms with Crippen LogP contribution < -0.4 is 5.32 Å². The molecule has 0 spiro atoms. The summed E-state index contributed by atoms with van der Waals surface area (Å²) in [6.07, 6.45) is 2.74. The van der Waals surface area contributed by atoms with Gasteiger partial charge in [0.05, 0.1) is 5.41 Å². The molecule has 2 aliphatic rings. The summed E-state index contributed by atoms with van der Waals surface area (Å²) >= 11 is 17.0. The number of halogens is 2. The molecule has 16 heavy (non-hydrogen) atoms. The molecule has 0 aromatic heterocycles. The van der Waals surface area contributed by atoms with E-state index < -0.39 is 9.75 Å². The summed E-state index contributed by atoms with van der Waals surface area (Å²) in [5.74, 6) is -0.172. The predicted octanol–water partition coefficient (Wildman–Crippen LogP) is 2.07. The maximum atomic E-state index is 11.9. The van der Waals surface area contributed by atoms with Gasteiger partial charge in [-0.15, -0.1) is 23.2 Å². The molecule has 0 aromatic rings. The zero-order chi connectivity index (χ0) is 12.0. The van der Waals surface area contributed by atoms with Crippen LogP contribution in [0.25, 0.3) is 0 Å². The van der Waals surface area contributed by atoms with Crippen LogP contribution in [-0.2, 0) is 4.79 Å². The van der Waals surface area contributed by atoms with Gasteiger partial charge >= 0.3 is 0 Å². The van der Waals surface area contributed by atoms with E-state index in [2.05, 4.69) is 5.32 Å². The minimum absolute atomic E-state index is 0.172. The first-order valence-electron chi connectivity index (χ1n) is 5.35. The first kappa shape index (κ1) is 12.4. The average Bonchev–Trinajstić information content (AvgIpc) is 2.63. The Morgan fingerprint density at radius 2 is 1.88 bits per heavy atom. The largest absolute Gasteiger partial charge is 0.349 e. The van der Waals surface area contributed by atoms with Crippen molar-refractivity contribution in [2.75, 3.05) is 13.1 Å². The van der Waals surface area contributed by atoms with Crippen LogP contribution in [0.3, 0.4) is 0 Å². The summed E-state index contributed by atoms with van der Waals surface area (Å²) < 4.78 is -0.933. The van der Waals surface area contributed by atoms with Crippen molar-refractivity contribution in [3.05, 3.63) is 0 Å². The highest BCUT2D eigenvalue weighted by Gasteiger charge is 2.68. The van der Waals surface area contributed by atoms with Crippen LogP contribution in [0.5, 0.6) is 0 Å². The Balaban J connectivity index is 1.91. The van der Waals surface area contributed by atoms with Crippen molar-refractivity contribution in [3.63, 3.8) is 0 Å². The van der Waals surface area contributed by atoms with Gasteiger partial charge in [0.25, 0.3) is 0 Å². The summed E-state index contributed by atoms with van der Waals surface area (Å²) in [7, 11) is 0. The van der Waals surface area contributed by atoms with Crippen LogP contribution in [0, 0.1) is 5.41 Å². The number of carbonyl (C=O) groups excluding carboxylic acids is 1. The lowest BCUT2D eigenvalue weighted by atomic mass is 10.1. The number of likely N-dealkylation sites (tertiary alicyclic amines) is 1. The van der Waals surface area contributed by atoms with E-state index in [0.717, 1.165) is 25.9 Å². The summed E-state index contributed by atoms with van der Waals surface area (Å²) in [5, 5.41) is 3.23. The Bertz CT molecular complexity index is 342. The lowest BCUT2D eigenvalue weighted by Gasteiger charge is -2.20. The lowest BCUT2D eigenvalue weighted by molar-refractivity contribution is -0.124. The van der Waals surface area contributed by atoms with Gasteiger partial charge < -0.3 is 10.2 Å². The Labute approximate surface area is 110 Å². The molecule has 0 aromatic carbocycles. The molecule has 1 saturated heterocycles. The van der Waals surface area contributed by atoms with Gasteiger partial charge in [-0.2, -0.15) is 0 Å². The molecule has 0 unspecified atom stereocenters. The van der Waals surface area contributed by atoms with E-state index >= 15 is 0 Å². The van der Waals surface area contributed by atoms with E-state index in [1.807, 2.05) is 4.90 Å². The Morgan fingerprint density at radius 1 is 1.38 bits per heavy atom. The smallest absolute Gasteiger partial charge is 0.235 e. The van der Waals surface area contributed by atoms with Gasteiger partial charge in [-0.05, 0) is 38.4 Å². The molecular formula is C10H14Cl2N2OS. The molecule has 6 heteroatoms. The molecular weight excluding hydrogens is 267 g/mol. The van der Waals surface area contributed by atoms with Crippen LogP contribution in [0.15, 0.2) is 0 Å². The predicted molar refractivity (Wildman–Crippen MR) is 68.7 cm³/mol. The van der Waals surface area contributed by atoms with Crippen molar-refractivity contribution in [2.24, 2.45) is 5.41 Å². The summed E-state index contributed by atoms with van der Waals surface area (Å²) in [5.41, 5.74) is -0.695. The maximum absolute atomic E-state index is 11.9. The van der Waals surface area contributed by atoms with Crippen molar-refractivity contribution in [1.29, 1.82) is 0 Å². The third-order valence-electron chi connectivity index (χ3n) is 3.37. The van der Waals surface area contributed by atoms with Crippen LogP contribution in [0.4, 0.5) is 0 Å². The van der Waals surface area contributed by atoms with E-state index in [1.165, 1.54) is 0 Å². The quantitative estimate of drug-likeness (QED) is 0.590. The number of hydrogen-bond acceptors (Lipinski definition) is 2. The standard InChI is InChI=1S/C10H14Cl2N2OS/c1-9(6-10(9,11)12)7(15)13-8(16)14-4-2-3-5-14/h2-6H2,1H3,(H,13,15,16)/t9-/m0/s1. The zero-order valence-corrected chi connectivity index (χ0v) is 11.4. The average molecular weight is 281 g/mol. The van der Waals surface area contributed by atoms with Crippen molar-refractivity contribution in [3.8, 4) is 0 Å². The number of amides is 1. The second-order valence-corrected chi connectivity index (χ2v) is 6.54. The minimum atomic E-state index is -0.933. The van der Waals surface area contributed by atoms with Crippen molar-refractivity contribution < 1.29 is 4.79 Å². The molecule has 1 N–H and O–H groups in total. The molecule has 1 heterocycles. The molecule has 90 valence electrons. The highest BCUT2D eigenvalue weighted by atomic mass is 35.5. The van der Waals surface area contributed by atoms with Crippen LogP contribution >= 0.6 is 35.4 Å². The third kappa shape index (κ3) is 2.03. The maximum Gasteiger partial charge on any atom is 0.235 e. The van der Waals surface area contributed by atoms with Gasteiger partial charge in [0.1, 0.15) is 4.33 Å². The zero-order valence-electron chi connectivity index (χ0n) is 9.06. The van der Waals surface area contributed by atoms with Crippen molar-refractivity contribution >= 4 is 46.4 Å².